The average Bonchev–Trinajstić information content (AvgIpc) is 2.36. The number of carbonyl (C=O) groups is 1. The maximum atomic E-state index is 12.5. The second-order valence-corrected chi connectivity index (χ2v) is 7.29. The Morgan fingerprint density at radius 3 is 2.25 bits per heavy atom. The minimum Gasteiger partial charge on any atom is -0.478 e. The van der Waals surface area contributed by atoms with Gasteiger partial charge in [-0.15, -0.1) is 0 Å². The molecule has 0 aromatic heterocycles. The molecule has 1 aromatic rings. The van der Waals surface area contributed by atoms with Crippen LogP contribution in [-0.4, -0.2) is 36.9 Å². The Bertz CT molecular complexity index is 608. The van der Waals surface area contributed by atoms with Gasteiger partial charge in [0.05, 0.1) is 10.5 Å². The Morgan fingerprint density at radius 1 is 1.25 bits per heavy atom. The van der Waals surface area contributed by atoms with Gasteiger partial charge in [0.25, 0.3) is 0 Å². The van der Waals surface area contributed by atoms with Crippen LogP contribution in [0.5, 0.6) is 0 Å². The van der Waals surface area contributed by atoms with Crippen molar-refractivity contribution in [1.29, 1.82) is 0 Å². The average molecular weight is 299 g/mol. The van der Waals surface area contributed by atoms with E-state index in [9.17, 15) is 13.2 Å². The first-order chi connectivity index (χ1) is 9.09. The molecule has 0 saturated heterocycles. The second-order valence-electron chi connectivity index (χ2n) is 5.29. The maximum absolute atomic E-state index is 12.5. The third kappa shape index (κ3) is 3.19. The third-order valence-electron chi connectivity index (χ3n) is 3.65. The van der Waals surface area contributed by atoms with Crippen molar-refractivity contribution in [2.75, 3.05) is 7.05 Å². The zero-order valence-corrected chi connectivity index (χ0v) is 13.2. The standard InChI is InChI=1S/C14H21NO4S/c1-9(2)11(4)15(5)20(18,19)12-7-6-10(3)13(8-12)14(16)17/h6-9,11H,1-5H3,(H,16,17). The normalized spacial score (nSPS) is 13.8. The van der Waals surface area contributed by atoms with Crippen LogP contribution in [0.1, 0.15) is 36.7 Å². The third-order valence-corrected chi connectivity index (χ3v) is 5.60. The topological polar surface area (TPSA) is 74.7 Å². The van der Waals surface area contributed by atoms with E-state index >= 15 is 0 Å². The molecule has 0 heterocycles. The van der Waals surface area contributed by atoms with Crippen molar-refractivity contribution in [3.05, 3.63) is 29.3 Å². The van der Waals surface area contributed by atoms with Crippen LogP contribution in [0.3, 0.4) is 0 Å². The van der Waals surface area contributed by atoms with Crippen LogP contribution < -0.4 is 0 Å². The summed E-state index contributed by atoms with van der Waals surface area (Å²) in [6.45, 7) is 7.35. The van der Waals surface area contributed by atoms with Crippen molar-refractivity contribution in [2.24, 2.45) is 5.92 Å². The van der Waals surface area contributed by atoms with Gasteiger partial charge in [0.1, 0.15) is 0 Å². The molecule has 1 rings (SSSR count). The molecular formula is C14H21NO4S. The van der Waals surface area contributed by atoms with Crippen LogP contribution >= 0.6 is 0 Å². The van der Waals surface area contributed by atoms with Crippen molar-refractivity contribution in [1.82, 2.24) is 4.31 Å². The Balaban J connectivity index is 3.30. The SMILES string of the molecule is Cc1ccc(S(=O)(=O)N(C)C(C)C(C)C)cc1C(=O)O. The highest BCUT2D eigenvalue weighted by Gasteiger charge is 2.27. The molecule has 20 heavy (non-hydrogen) atoms. The number of rotatable bonds is 5. The van der Waals surface area contributed by atoms with Crippen LogP contribution in [0.15, 0.2) is 23.1 Å². The van der Waals surface area contributed by atoms with Crippen LogP contribution in [0, 0.1) is 12.8 Å². The molecule has 112 valence electrons. The summed E-state index contributed by atoms with van der Waals surface area (Å²) in [4.78, 5) is 11.1. The first kappa shape index (κ1) is 16.7. The minimum absolute atomic E-state index is 0.00972. The van der Waals surface area contributed by atoms with Crippen LogP contribution in [-0.2, 0) is 10.0 Å². The predicted molar refractivity (Wildman–Crippen MR) is 77.4 cm³/mol. The van der Waals surface area contributed by atoms with Gasteiger partial charge in [-0.3, -0.25) is 0 Å². The molecule has 0 fully saturated rings. The fourth-order valence-corrected chi connectivity index (χ4v) is 3.32. The highest BCUT2D eigenvalue weighted by molar-refractivity contribution is 7.89. The number of benzene rings is 1. The molecule has 0 spiro atoms. The fraction of sp³-hybridized carbons (Fsp3) is 0.500. The van der Waals surface area contributed by atoms with Crippen LogP contribution in [0.25, 0.3) is 0 Å². The van der Waals surface area contributed by atoms with Gasteiger partial charge in [0.2, 0.25) is 10.0 Å². The number of aryl methyl sites for hydroxylation is 1. The lowest BCUT2D eigenvalue weighted by Crippen LogP contribution is -2.38. The molecule has 0 aliphatic heterocycles. The van der Waals surface area contributed by atoms with E-state index in [2.05, 4.69) is 0 Å². The molecule has 1 aromatic carbocycles. The quantitative estimate of drug-likeness (QED) is 0.905. The lowest BCUT2D eigenvalue weighted by Gasteiger charge is -2.27. The highest BCUT2D eigenvalue weighted by atomic mass is 32.2. The highest BCUT2D eigenvalue weighted by Crippen LogP contribution is 2.22. The van der Waals surface area contributed by atoms with Crippen molar-refractivity contribution in [2.45, 2.75) is 38.6 Å². The van der Waals surface area contributed by atoms with E-state index in [-0.39, 0.29) is 22.4 Å². The Kier molecular flexibility index (Phi) is 4.94. The van der Waals surface area contributed by atoms with Gasteiger partial charge in [-0.25, -0.2) is 13.2 Å². The lowest BCUT2D eigenvalue weighted by molar-refractivity contribution is 0.0696. The van der Waals surface area contributed by atoms with Gasteiger partial charge in [-0.1, -0.05) is 19.9 Å². The molecule has 6 heteroatoms. The first-order valence-corrected chi connectivity index (χ1v) is 7.85. The van der Waals surface area contributed by atoms with E-state index in [0.29, 0.717) is 5.56 Å². The summed E-state index contributed by atoms with van der Waals surface area (Å²) in [5.41, 5.74) is 0.549. The summed E-state index contributed by atoms with van der Waals surface area (Å²) in [6, 6.07) is 4.01. The molecule has 1 N–H and O–H groups in total. The molecule has 0 aliphatic rings. The molecule has 0 aliphatic carbocycles. The summed E-state index contributed by atoms with van der Waals surface area (Å²) >= 11 is 0. The number of aromatic carboxylic acids is 1. The Hall–Kier alpha value is -1.40. The van der Waals surface area contributed by atoms with Crippen molar-refractivity contribution < 1.29 is 18.3 Å². The van der Waals surface area contributed by atoms with Crippen LogP contribution in [0.2, 0.25) is 0 Å². The number of sulfonamides is 1. The molecule has 1 atom stereocenters. The number of hydrogen-bond donors (Lipinski definition) is 1. The van der Waals surface area contributed by atoms with Crippen molar-refractivity contribution in [3.8, 4) is 0 Å². The molecule has 0 amide bonds. The predicted octanol–water partition coefficient (Wildman–Crippen LogP) is 2.36. The van der Waals surface area contributed by atoms with E-state index in [1.54, 1.807) is 6.92 Å². The van der Waals surface area contributed by atoms with E-state index in [0.717, 1.165) is 0 Å². The van der Waals surface area contributed by atoms with Crippen molar-refractivity contribution in [3.63, 3.8) is 0 Å². The van der Waals surface area contributed by atoms with Gasteiger partial charge < -0.3 is 5.11 Å². The zero-order valence-electron chi connectivity index (χ0n) is 12.4. The minimum atomic E-state index is -3.69. The number of nitrogens with zero attached hydrogens (tertiary/aromatic N) is 1. The zero-order chi connectivity index (χ0) is 15.7. The van der Waals surface area contributed by atoms with E-state index in [4.69, 9.17) is 5.11 Å². The molecule has 5 nitrogen and oxygen atoms in total. The largest absolute Gasteiger partial charge is 0.478 e. The Morgan fingerprint density at radius 2 is 1.80 bits per heavy atom. The summed E-state index contributed by atoms with van der Waals surface area (Å²) in [7, 11) is -2.17. The van der Waals surface area contributed by atoms with Gasteiger partial charge in [-0.05, 0) is 37.5 Å². The van der Waals surface area contributed by atoms with Gasteiger partial charge in [0, 0.05) is 13.1 Å². The number of carboxylic acids is 1. The van der Waals surface area contributed by atoms with E-state index < -0.39 is 16.0 Å². The molecular weight excluding hydrogens is 278 g/mol. The molecule has 1 unspecified atom stereocenters. The first-order valence-electron chi connectivity index (χ1n) is 6.41. The second kappa shape index (κ2) is 5.93. The van der Waals surface area contributed by atoms with E-state index in [1.807, 2.05) is 20.8 Å². The maximum Gasteiger partial charge on any atom is 0.335 e. The summed E-state index contributed by atoms with van der Waals surface area (Å²) in [5, 5.41) is 9.08. The molecule has 0 radical (unpaired) electrons. The Labute approximate surface area is 120 Å². The van der Waals surface area contributed by atoms with Gasteiger partial charge >= 0.3 is 5.97 Å². The fourth-order valence-electron chi connectivity index (χ4n) is 1.80. The number of hydrogen-bond acceptors (Lipinski definition) is 3. The summed E-state index contributed by atoms with van der Waals surface area (Å²) < 4.78 is 26.3. The smallest absolute Gasteiger partial charge is 0.335 e. The van der Waals surface area contributed by atoms with E-state index in [1.165, 1.54) is 29.6 Å². The van der Waals surface area contributed by atoms with Crippen LogP contribution in [0.4, 0.5) is 0 Å². The monoisotopic (exact) mass is 299 g/mol. The lowest BCUT2D eigenvalue weighted by atomic mass is 10.1. The van der Waals surface area contributed by atoms with Gasteiger partial charge in [-0.2, -0.15) is 4.31 Å². The molecule has 0 bridgehead atoms. The summed E-state index contributed by atoms with van der Waals surface area (Å²) in [6.07, 6.45) is 0. The van der Waals surface area contributed by atoms with Gasteiger partial charge in [0.15, 0.2) is 0 Å². The summed E-state index contributed by atoms with van der Waals surface area (Å²) in [5.74, 6) is -0.960. The number of carboxylic acid groups (broad SMARTS) is 1. The molecule has 0 saturated carbocycles. The van der Waals surface area contributed by atoms with Crippen molar-refractivity contribution >= 4 is 16.0 Å².